The van der Waals surface area contributed by atoms with Gasteiger partial charge in [-0.25, -0.2) is 0 Å². The van der Waals surface area contributed by atoms with Crippen LogP contribution in [0.5, 0.6) is 0 Å². The summed E-state index contributed by atoms with van der Waals surface area (Å²) in [6, 6.07) is 9.56. The second kappa shape index (κ2) is 5.33. The van der Waals surface area contributed by atoms with Crippen LogP contribution in [0.1, 0.15) is 21.5 Å². The molecule has 1 aromatic heterocycles. The largest absolute Gasteiger partial charge is 0.399 e. The van der Waals surface area contributed by atoms with E-state index in [4.69, 9.17) is 5.73 Å². The lowest BCUT2D eigenvalue weighted by Gasteiger charge is -2.28. The van der Waals surface area contributed by atoms with Gasteiger partial charge in [0.15, 0.2) is 0 Å². The van der Waals surface area contributed by atoms with Crippen molar-refractivity contribution in [3.8, 4) is 0 Å². The molecule has 102 valence electrons. The van der Waals surface area contributed by atoms with Crippen LogP contribution in [-0.4, -0.2) is 28.9 Å². The second-order valence-corrected chi connectivity index (χ2v) is 5.07. The summed E-state index contributed by atoms with van der Waals surface area (Å²) in [4.78, 5) is 18.4. The molecule has 1 aliphatic heterocycles. The Morgan fingerprint density at radius 3 is 3.00 bits per heavy atom. The minimum atomic E-state index is 0.0856. The Bertz CT molecular complexity index is 625. The first-order chi connectivity index (χ1) is 9.74. The van der Waals surface area contributed by atoms with Crippen LogP contribution in [0.2, 0.25) is 0 Å². The molecule has 0 radical (unpaired) electrons. The molecule has 4 heteroatoms. The van der Waals surface area contributed by atoms with Crippen molar-refractivity contribution in [3.05, 3.63) is 59.4 Å². The van der Waals surface area contributed by atoms with Gasteiger partial charge in [0.05, 0.1) is 0 Å². The third kappa shape index (κ3) is 2.50. The van der Waals surface area contributed by atoms with Crippen LogP contribution in [0.3, 0.4) is 0 Å². The first-order valence-corrected chi connectivity index (χ1v) is 6.80. The van der Waals surface area contributed by atoms with Crippen molar-refractivity contribution in [2.45, 2.75) is 12.8 Å². The van der Waals surface area contributed by atoms with Crippen molar-refractivity contribution < 1.29 is 4.79 Å². The first-order valence-electron chi connectivity index (χ1n) is 6.80. The predicted molar refractivity (Wildman–Crippen MR) is 78.4 cm³/mol. The maximum atomic E-state index is 12.4. The summed E-state index contributed by atoms with van der Waals surface area (Å²) in [5.41, 5.74) is 9.42. The lowest BCUT2D eigenvalue weighted by Crippen LogP contribution is -2.38. The molecule has 0 atom stereocenters. The van der Waals surface area contributed by atoms with Gasteiger partial charge in [-0.15, -0.1) is 0 Å². The summed E-state index contributed by atoms with van der Waals surface area (Å²) in [6.45, 7) is 1.49. The van der Waals surface area contributed by atoms with E-state index in [0.717, 1.165) is 42.6 Å². The van der Waals surface area contributed by atoms with Crippen molar-refractivity contribution in [2.75, 3.05) is 18.8 Å². The van der Waals surface area contributed by atoms with Crippen LogP contribution in [0.4, 0.5) is 5.69 Å². The van der Waals surface area contributed by atoms with E-state index in [1.54, 1.807) is 12.3 Å². The average Bonchev–Trinajstić information content (AvgIpc) is 2.48. The van der Waals surface area contributed by atoms with Gasteiger partial charge in [-0.2, -0.15) is 0 Å². The zero-order chi connectivity index (χ0) is 13.9. The van der Waals surface area contributed by atoms with Gasteiger partial charge in [-0.3, -0.25) is 9.78 Å². The molecule has 20 heavy (non-hydrogen) atoms. The number of carbonyl (C=O) groups excluding carboxylic acids is 1. The molecule has 0 spiro atoms. The number of pyridine rings is 1. The zero-order valence-corrected chi connectivity index (χ0v) is 11.2. The van der Waals surface area contributed by atoms with Crippen molar-refractivity contribution in [3.63, 3.8) is 0 Å². The molecule has 1 aliphatic rings. The number of benzene rings is 1. The topological polar surface area (TPSA) is 59.2 Å². The van der Waals surface area contributed by atoms with Crippen molar-refractivity contribution in [2.24, 2.45) is 0 Å². The highest BCUT2D eigenvalue weighted by molar-refractivity contribution is 5.97. The van der Waals surface area contributed by atoms with Crippen molar-refractivity contribution >= 4 is 11.6 Å². The molecule has 1 amide bonds. The number of hydrogen-bond acceptors (Lipinski definition) is 3. The highest BCUT2D eigenvalue weighted by Gasteiger charge is 2.23. The van der Waals surface area contributed by atoms with Gasteiger partial charge in [0.1, 0.15) is 0 Å². The maximum absolute atomic E-state index is 12.4. The molecule has 2 heterocycles. The smallest absolute Gasteiger partial charge is 0.254 e. The summed E-state index contributed by atoms with van der Waals surface area (Å²) in [7, 11) is 0. The van der Waals surface area contributed by atoms with Crippen LogP contribution >= 0.6 is 0 Å². The van der Waals surface area contributed by atoms with E-state index >= 15 is 0 Å². The number of anilines is 1. The number of fused-ring (bicyclic) bond motifs is 1. The summed E-state index contributed by atoms with van der Waals surface area (Å²) in [5.74, 6) is 0.0856. The van der Waals surface area contributed by atoms with E-state index in [2.05, 4.69) is 4.98 Å². The Morgan fingerprint density at radius 1 is 1.30 bits per heavy atom. The fourth-order valence-corrected chi connectivity index (χ4v) is 2.56. The number of hydrogen-bond donors (Lipinski definition) is 1. The van der Waals surface area contributed by atoms with Gasteiger partial charge in [-0.1, -0.05) is 12.1 Å². The van der Waals surface area contributed by atoms with Crippen LogP contribution in [-0.2, 0) is 12.8 Å². The van der Waals surface area contributed by atoms with E-state index in [1.165, 1.54) is 0 Å². The van der Waals surface area contributed by atoms with Gasteiger partial charge in [0.2, 0.25) is 0 Å². The fraction of sp³-hybridized carbons (Fsp3) is 0.250. The van der Waals surface area contributed by atoms with Crippen molar-refractivity contribution in [1.82, 2.24) is 9.88 Å². The van der Waals surface area contributed by atoms with Crippen LogP contribution < -0.4 is 5.73 Å². The van der Waals surface area contributed by atoms with Crippen LogP contribution in [0, 0.1) is 0 Å². The van der Waals surface area contributed by atoms with Gasteiger partial charge < -0.3 is 10.6 Å². The number of amides is 1. The van der Waals surface area contributed by atoms with Crippen LogP contribution in [0.25, 0.3) is 0 Å². The third-order valence-corrected chi connectivity index (χ3v) is 3.70. The Hall–Kier alpha value is -2.36. The van der Waals surface area contributed by atoms with Crippen molar-refractivity contribution in [1.29, 1.82) is 0 Å². The number of nitrogen functional groups attached to an aromatic ring is 1. The molecule has 2 aromatic rings. The fourth-order valence-electron chi connectivity index (χ4n) is 2.56. The highest BCUT2D eigenvalue weighted by atomic mass is 16.2. The SMILES string of the molecule is Nc1ccc2c(c1)C(=O)N(CCc1cccnc1)CC2. The Morgan fingerprint density at radius 2 is 2.20 bits per heavy atom. The molecule has 0 bridgehead atoms. The number of nitrogens with two attached hydrogens (primary N) is 1. The van der Waals surface area contributed by atoms with E-state index < -0.39 is 0 Å². The van der Waals surface area contributed by atoms with Gasteiger partial charge >= 0.3 is 0 Å². The standard InChI is InChI=1S/C16H17N3O/c17-14-4-3-13-6-9-19(16(20)15(13)10-14)8-5-12-2-1-7-18-11-12/h1-4,7,10-11H,5-6,8-9,17H2. The summed E-state index contributed by atoms with van der Waals surface area (Å²) >= 11 is 0. The molecule has 0 saturated carbocycles. The summed E-state index contributed by atoms with van der Waals surface area (Å²) in [6.07, 6.45) is 5.33. The Kier molecular flexibility index (Phi) is 3.37. The lowest BCUT2D eigenvalue weighted by atomic mass is 9.98. The molecule has 0 fully saturated rings. The molecule has 0 unspecified atom stereocenters. The maximum Gasteiger partial charge on any atom is 0.254 e. The molecular weight excluding hydrogens is 250 g/mol. The quantitative estimate of drug-likeness (QED) is 0.864. The monoisotopic (exact) mass is 267 g/mol. The van der Waals surface area contributed by atoms with Crippen LogP contribution in [0.15, 0.2) is 42.7 Å². The Balaban J connectivity index is 1.72. The zero-order valence-electron chi connectivity index (χ0n) is 11.2. The highest BCUT2D eigenvalue weighted by Crippen LogP contribution is 2.21. The normalized spacial score (nSPS) is 14.2. The molecule has 1 aromatic carbocycles. The van der Waals surface area contributed by atoms with E-state index in [1.807, 2.05) is 35.4 Å². The summed E-state index contributed by atoms with van der Waals surface area (Å²) < 4.78 is 0. The third-order valence-electron chi connectivity index (χ3n) is 3.70. The Labute approximate surface area is 118 Å². The average molecular weight is 267 g/mol. The minimum absolute atomic E-state index is 0.0856. The van der Waals surface area contributed by atoms with Gasteiger partial charge in [0.25, 0.3) is 5.91 Å². The minimum Gasteiger partial charge on any atom is -0.399 e. The molecule has 0 aliphatic carbocycles. The predicted octanol–water partition coefficient (Wildman–Crippen LogP) is 1.90. The number of aromatic nitrogens is 1. The number of carbonyl (C=O) groups is 1. The summed E-state index contributed by atoms with van der Waals surface area (Å²) in [5, 5.41) is 0. The van der Waals surface area contributed by atoms with E-state index in [-0.39, 0.29) is 5.91 Å². The lowest BCUT2D eigenvalue weighted by molar-refractivity contribution is 0.0742. The number of rotatable bonds is 3. The first kappa shape index (κ1) is 12.7. The molecule has 4 nitrogen and oxygen atoms in total. The second-order valence-electron chi connectivity index (χ2n) is 5.07. The molecule has 3 rings (SSSR count). The van der Waals surface area contributed by atoms with Gasteiger partial charge in [0, 0.05) is 36.7 Å². The number of nitrogens with zero attached hydrogens (tertiary/aromatic N) is 2. The molecule has 0 saturated heterocycles. The molecular formula is C16H17N3O. The molecule has 2 N–H and O–H groups in total. The van der Waals surface area contributed by atoms with E-state index in [0.29, 0.717) is 5.69 Å². The van der Waals surface area contributed by atoms with E-state index in [9.17, 15) is 4.79 Å². The van der Waals surface area contributed by atoms with Gasteiger partial charge in [-0.05, 0) is 42.2 Å².